The molecule has 0 aromatic carbocycles. The van der Waals surface area contributed by atoms with Crippen molar-refractivity contribution in [2.24, 2.45) is 5.92 Å². The van der Waals surface area contributed by atoms with E-state index >= 15 is 0 Å². The molecular weight excluding hydrogens is 346 g/mol. The smallest absolute Gasteiger partial charge is 0.267 e. The summed E-state index contributed by atoms with van der Waals surface area (Å²) in [6.07, 6.45) is 9.09. The number of rotatable bonds is 4. The molecule has 0 atom stereocenters. The molecule has 2 fully saturated rings. The van der Waals surface area contributed by atoms with Gasteiger partial charge in [-0.15, -0.1) is 0 Å². The van der Waals surface area contributed by atoms with Crippen molar-refractivity contribution in [3.8, 4) is 0 Å². The third kappa shape index (κ3) is 3.29. The maximum absolute atomic E-state index is 12.4. The van der Waals surface area contributed by atoms with E-state index in [1.807, 2.05) is 6.07 Å². The fraction of sp³-hybridized carbons (Fsp3) is 0.684. The second kappa shape index (κ2) is 6.76. The normalized spacial score (nSPS) is 21.0. The first-order valence-corrected chi connectivity index (χ1v) is 10.7. The summed E-state index contributed by atoms with van der Waals surface area (Å²) in [4.78, 5) is 19.5. The van der Waals surface area contributed by atoms with Crippen LogP contribution in [0.25, 0.3) is 0 Å². The van der Waals surface area contributed by atoms with Crippen molar-refractivity contribution < 1.29 is 0 Å². The van der Waals surface area contributed by atoms with E-state index in [-0.39, 0.29) is 5.56 Å². The van der Waals surface area contributed by atoms with Crippen molar-refractivity contribution >= 4 is 16.7 Å². The van der Waals surface area contributed by atoms with Gasteiger partial charge in [-0.05, 0) is 62.8 Å². The van der Waals surface area contributed by atoms with Gasteiger partial charge in [-0.1, -0.05) is 0 Å². The summed E-state index contributed by atoms with van der Waals surface area (Å²) in [5, 5.41) is 5.76. The molecule has 26 heavy (non-hydrogen) atoms. The lowest BCUT2D eigenvalue weighted by molar-refractivity contribution is 0.332. The zero-order chi connectivity index (χ0) is 17.5. The third-order valence-corrected chi connectivity index (χ3v) is 6.75. The number of aryl methyl sites for hydroxylation is 2. The maximum atomic E-state index is 12.4. The van der Waals surface area contributed by atoms with Crippen LogP contribution in [0.5, 0.6) is 0 Å². The Bertz CT molecular complexity index is 848. The summed E-state index contributed by atoms with van der Waals surface area (Å²) in [5.41, 5.74) is 2.40. The Balaban J connectivity index is 1.22. The number of anilines is 1. The summed E-state index contributed by atoms with van der Waals surface area (Å²) >= 11 is 1.54. The molecule has 0 N–H and O–H groups in total. The summed E-state index contributed by atoms with van der Waals surface area (Å²) in [6, 6.07) is 1.83. The molecule has 3 aliphatic rings. The molecule has 0 amide bonds. The predicted molar refractivity (Wildman–Crippen MR) is 102 cm³/mol. The topological polar surface area (TPSA) is 63.9 Å². The van der Waals surface area contributed by atoms with E-state index in [1.165, 1.54) is 31.2 Å². The van der Waals surface area contributed by atoms with Crippen LogP contribution in [0, 0.1) is 5.92 Å². The Morgan fingerprint density at radius 3 is 2.73 bits per heavy atom. The van der Waals surface area contributed by atoms with E-state index in [4.69, 9.17) is 4.98 Å². The van der Waals surface area contributed by atoms with Crippen LogP contribution in [0.15, 0.2) is 10.9 Å². The highest BCUT2D eigenvalue weighted by atomic mass is 32.1. The van der Waals surface area contributed by atoms with Gasteiger partial charge in [0.15, 0.2) is 0 Å². The minimum Gasteiger partial charge on any atom is -0.347 e. The predicted octanol–water partition coefficient (Wildman–Crippen LogP) is 2.77. The highest BCUT2D eigenvalue weighted by molar-refractivity contribution is 7.09. The van der Waals surface area contributed by atoms with E-state index in [1.54, 1.807) is 16.2 Å². The minimum absolute atomic E-state index is 0.0753. The van der Waals surface area contributed by atoms with Gasteiger partial charge in [0.05, 0.1) is 5.69 Å². The molecule has 1 saturated carbocycles. The number of hydrogen-bond donors (Lipinski definition) is 0. The number of piperidine rings is 1. The molecular formula is C19H25N5OS. The third-order valence-electron chi connectivity index (χ3n) is 5.96. The molecule has 0 bridgehead atoms. The van der Waals surface area contributed by atoms with E-state index < -0.39 is 0 Å². The zero-order valence-electron chi connectivity index (χ0n) is 15.1. The molecule has 0 unspecified atom stereocenters. The van der Waals surface area contributed by atoms with Crippen LogP contribution in [-0.4, -0.2) is 32.2 Å². The molecule has 2 aromatic rings. The molecule has 0 spiro atoms. The molecule has 7 heteroatoms. The molecule has 2 aliphatic carbocycles. The largest absolute Gasteiger partial charge is 0.347 e. The van der Waals surface area contributed by atoms with Crippen molar-refractivity contribution in [2.45, 2.75) is 63.8 Å². The van der Waals surface area contributed by atoms with Gasteiger partial charge in [0.2, 0.25) is 5.13 Å². The molecule has 2 aromatic heterocycles. The highest BCUT2D eigenvalue weighted by Gasteiger charge is 2.29. The molecule has 3 heterocycles. The van der Waals surface area contributed by atoms with Crippen LogP contribution >= 0.6 is 11.5 Å². The van der Waals surface area contributed by atoms with Gasteiger partial charge in [-0.3, -0.25) is 4.79 Å². The number of hydrogen-bond acceptors (Lipinski definition) is 6. The van der Waals surface area contributed by atoms with E-state index in [9.17, 15) is 4.79 Å². The van der Waals surface area contributed by atoms with Crippen molar-refractivity contribution in [3.05, 3.63) is 33.5 Å². The van der Waals surface area contributed by atoms with Gasteiger partial charge in [-0.25, -0.2) is 9.67 Å². The Morgan fingerprint density at radius 2 is 1.92 bits per heavy atom. The first-order chi connectivity index (χ1) is 12.8. The van der Waals surface area contributed by atoms with Crippen LogP contribution in [0.2, 0.25) is 0 Å². The monoisotopic (exact) mass is 371 g/mol. The van der Waals surface area contributed by atoms with Gasteiger partial charge in [0.1, 0.15) is 5.82 Å². The van der Waals surface area contributed by atoms with E-state index in [0.717, 1.165) is 62.0 Å². The lowest BCUT2D eigenvalue weighted by atomic mass is 9.96. The van der Waals surface area contributed by atoms with Crippen LogP contribution in [0.1, 0.15) is 61.5 Å². The summed E-state index contributed by atoms with van der Waals surface area (Å²) in [7, 11) is 0. The van der Waals surface area contributed by atoms with Crippen LogP contribution in [-0.2, 0) is 19.4 Å². The zero-order valence-corrected chi connectivity index (χ0v) is 15.9. The average molecular weight is 372 g/mol. The minimum atomic E-state index is 0.0753. The fourth-order valence-corrected chi connectivity index (χ4v) is 4.94. The lowest BCUT2D eigenvalue weighted by Crippen LogP contribution is -2.37. The van der Waals surface area contributed by atoms with Crippen molar-refractivity contribution in [1.82, 2.24) is 19.1 Å². The summed E-state index contributed by atoms with van der Waals surface area (Å²) in [5.74, 6) is 2.20. The molecule has 1 aliphatic heterocycles. The van der Waals surface area contributed by atoms with Crippen molar-refractivity contribution in [2.75, 3.05) is 18.0 Å². The average Bonchev–Trinajstić information content (AvgIpc) is 3.40. The van der Waals surface area contributed by atoms with Crippen LogP contribution < -0.4 is 10.5 Å². The summed E-state index contributed by atoms with van der Waals surface area (Å²) in [6.45, 7) is 2.76. The van der Waals surface area contributed by atoms with Gasteiger partial charge < -0.3 is 4.90 Å². The van der Waals surface area contributed by atoms with Gasteiger partial charge >= 0.3 is 0 Å². The van der Waals surface area contributed by atoms with Gasteiger partial charge in [0.25, 0.3) is 5.56 Å². The Hall–Kier alpha value is -1.76. The Kier molecular flexibility index (Phi) is 4.27. The number of fused-ring (bicyclic) bond motifs is 1. The Labute approximate surface area is 157 Å². The van der Waals surface area contributed by atoms with Gasteiger partial charge in [0, 0.05) is 43.2 Å². The highest BCUT2D eigenvalue weighted by Crippen LogP contribution is 2.40. The molecule has 6 nitrogen and oxygen atoms in total. The number of aromatic nitrogens is 4. The summed E-state index contributed by atoms with van der Waals surface area (Å²) < 4.78 is 6.25. The van der Waals surface area contributed by atoms with Crippen molar-refractivity contribution in [3.63, 3.8) is 0 Å². The van der Waals surface area contributed by atoms with E-state index in [0.29, 0.717) is 11.8 Å². The SMILES string of the molecule is O=c1cc2c(nn1CC1CCN(c3nc(C4CC4)ns3)CC1)CCCC2. The standard InChI is InChI=1S/C19H25N5OS/c25-17-11-15-3-1-2-4-16(15)21-24(17)12-13-7-9-23(10-8-13)19-20-18(22-26-19)14-5-6-14/h11,13-14H,1-10,12H2. The molecule has 138 valence electrons. The molecule has 0 radical (unpaired) electrons. The van der Waals surface area contributed by atoms with Crippen LogP contribution in [0.4, 0.5) is 5.13 Å². The Morgan fingerprint density at radius 1 is 1.12 bits per heavy atom. The quantitative estimate of drug-likeness (QED) is 0.827. The molecule has 5 rings (SSSR count). The first kappa shape index (κ1) is 16.4. The van der Waals surface area contributed by atoms with Crippen LogP contribution in [0.3, 0.4) is 0 Å². The lowest BCUT2D eigenvalue weighted by Gasteiger charge is -2.31. The van der Waals surface area contributed by atoms with Crippen molar-refractivity contribution in [1.29, 1.82) is 0 Å². The fourth-order valence-electron chi connectivity index (χ4n) is 4.15. The maximum Gasteiger partial charge on any atom is 0.267 e. The second-order valence-corrected chi connectivity index (χ2v) is 8.71. The second-order valence-electron chi connectivity index (χ2n) is 7.98. The number of nitrogens with zero attached hydrogens (tertiary/aromatic N) is 5. The van der Waals surface area contributed by atoms with Gasteiger partial charge in [-0.2, -0.15) is 9.47 Å². The van der Waals surface area contributed by atoms with E-state index in [2.05, 4.69) is 14.4 Å². The first-order valence-electron chi connectivity index (χ1n) is 9.95. The molecule has 1 saturated heterocycles.